The van der Waals surface area contributed by atoms with Crippen LogP contribution in [0.15, 0.2) is 30.5 Å². The van der Waals surface area contributed by atoms with Crippen molar-refractivity contribution in [3.8, 4) is 5.75 Å². The van der Waals surface area contributed by atoms with E-state index in [0.29, 0.717) is 42.6 Å². The number of hydrogen-bond donors (Lipinski definition) is 0. The molecule has 0 atom stereocenters. The maximum atomic E-state index is 12.8. The highest BCUT2D eigenvalue weighted by Gasteiger charge is 2.33. The predicted octanol–water partition coefficient (Wildman–Crippen LogP) is 3.48. The van der Waals surface area contributed by atoms with Gasteiger partial charge < -0.3 is 14.5 Å². The Hall–Kier alpha value is -2.72. The molecular formula is C20H17Cl2F3N4O3. The summed E-state index contributed by atoms with van der Waals surface area (Å²) >= 11 is 12.0. The normalized spacial score (nSPS) is 16.7. The van der Waals surface area contributed by atoms with Crippen molar-refractivity contribution in [1.82, 2.24) is 9.88 Å². The van der Waals surface area contributed by atoms with Gasteiger partial charge in [-0.3, -0.25) is 14.5 Å². The summed E-state index contributed by atoms with van der Waals surface area (Å²) in [5.74, 6) is 0.0816. The number of ether oxygens (including phenoxy) is 1. The number of anilines is 2. The maximum absolute atomic E-state index is 12.8. The van der Waals surface area contributed by atoms with Crippen molar-refractivity contribution in [1.29, 1.82) is 0 Å². The minimum Gasteiger partial charge on any atom is -0.482 e. The van der Waals surface area contributed by atoms with E-state index in [2.05, 4.69) is 4.98 Å². The van der Waals surface area contributed by atoms with Crippen LogP contribution in [0.4, 0.5) is 24.7 Å². The number of alkyl halides is 3. The van der Waals surface area contributed by atoms with E-state index < -0.39 is 11.7 Å². The Morgan fingerprint density at radius 3 is 2.50 bits per heavy atom. The Balaban J connectivity index is 1.41. The number of halogens is 5. The Morgan fingerprint density at radius 2 is 1.84 bits per heavy atom. The summed E-state index contributed by atoms with van der Waals surface area (Å²) in [6.07, 6.45) is -3.79. The van der Waals surface area contributed by atoms with E-state index in [1.54, 1.807) is 28.0 Å². The third-order valence-electron chi connectivity index (χ3n) is 5.24. The van der Waals surface area contributed by atoms with Crippen LogP contribution in [-0.2, 0) is 15.8 Å². The second-order valence-electron chi connectivity index (χ2n) is 7.28. The van der Waals surface area contributed by atoms with Gasteiger partial charge in [-0.05, 0) is 24.3 Å². The van der Waals surface area contributed by atoms with Gasteiger partial charge in [0.2, 0.25) is 5.91 Å². The van der Waals surface area contributed by atoms with Gasteiger partial charge in [0.25, 0.3) is 5.91 Å². The fourth-order valence-corrected chi connectivity index (χ4v) is 4.02. The highest BCUT2D eigenvalue weighted by molar-refractivity contribution is 6.33. The summed E-state index contributed by atoms with van der Waals surface area (Å²) in [7, 11) is 0. The summed E-state index contributed by atoms with van der Waals surface area (Å²) < 4.78 is 43.8. The molecule has 0 unspecified atom stereocenters. The van der Waals surface area contributed by atoms with E-state index in [0.717, 1.165) is 12.3 Å². The van der Waals surface area contributed by atoms with Crippen LogP contribution in [0.3, 0.4) is 0 Å². The van der Waals surface area contributed by atoms with Gasteiger partial charge in [0.05, 0.1) is 16.3 Å². The molecule has 0 saturated carbocycles. The summed E-state index contributed by atoms with van der Waals surface area (Å²) in [4.78, 5) is 33.7. The van der Waals surface area contributed by atoms with Crippen LogP contribution < -0.4 is 14.5 Å². The lowest BCUT2D eigenvalue weighted by Gasteiger charge is -2.37. The zero-order valence-corrected chi connectivity index (χ0v) is 18.0. The van der Waals surface area contributed by atoms with Crippen LogP contribution in [0.5, 0.6) is 5.75 Å². The number of amides is 2. The van der Waals surface area contributed by atoms with Crippen molar-refractivity contribution < 1.29 is 27.5 Å². The lowest BCUT2D eigenvalue weighted by atomic mass is 10.2. The number of aromatic nitrogens is 1. The van der Waals surface area contributed by atoms with Crippen molar-refractivity contribution in [2.24, 2.45) is 0 Å². The Kier molecular flexibility index (Phi) is 6.09. The van der Waals surface area contributed by atoms with Crippen LogP contribution >= 0.6 is 23.2 Å². The van der Waals surface area contributed by atoms with Crippen molar-refractivity contribution in [3.63, 3.8) is 0 Å². The number of nitrogens with zero attached hydrogens (tertiary/aromatic N) is 4. The van der Waals surface area contributed by atoms with E-state index in [4.69, 9.17) is 27.9 Å². The Bertz CT molecular complexity index is 1060. The molecule has 0 spiro atoms. The fraction of sp³-hybridized carbons (Fsp3) is 0.350. The molecular weight excluding hydrogens is 472 g/mol. The number of rotatable bonds is 3. The van der Waals surface area contributed by atoms with Gasteiger partial charge >= 0.3 is 6.18 Å². The van der Waals surface area contributed by atoms with E-state index >= 15 is 0 Å². The standard InChI is InChI=1S/C20H17Cl2F3N4O3/c21-13-1-2-16-15(8-13)29(18(31)11-32-16)10-17(30)27-3-5-28(6-4-27)19-14(22)7-12(9-26-19)20(23,24)25/h1-2,7-9H,3-6,10-11H2. The quantitative estimate of drug-likeness (QED) is 0.661. The monoisotopic (exact) mass is 488 g/mol. The first-order valence-corrected chi connectivity index (χ1v) is 10.4. The third kappa shape index (κ3) is 4.56. The van der Waals surface area contributed by atoms with Crippen molar-refractivity contribution in [2.45, 2.75) is 6.18 Å². The summed E-state index contributed by atoms with van der Waals surface area (Å²) in [6.45, 7) is 0.937. The van der Waals surface area contributed by atoms with Gasteiger partial charge in [-0.15, -0.1) is 0 Å². The number of pyridine rings is 1. The first-order valence-electron chi connectivity index (χ1n) is 9.61. The first-order chi connectivity index (χ1) is 15.1. The van der Waals surface area contributed by atoms with E-state index in [9.17, 15) is 22.8 Å². The van der Waals surface area contributed by atoms with Crippen molar-refractivity contribution in [2.75, 3.05) is 49.1 Å². The molecule has 3 heterocycles. The molecule has 2 aliphatic rings. The molecule has 0 radical (unpaired) electrons. The maximum Gasteiger partial charge on any atom is 0.417 e. The minimum atomic E-state index is -4.53. The average molecular weight is 489 g/mol. The molecule has 32 heavy (non-hydrogen) atoms. The zero-order valence-electron chi connectivity index (χ0n) is 16.5. The minimum absolute atomic E-state index is 0.105. The van der Waals surface area contributed by atoms with Crippen LogP contribution in [0.2, 0.25) is 10.0 Å². The molecule has 1 fully saturated rings. The molecule has 1 aromatic heterocycles. The molecule has 12 heteroatoms. The fourth-order valence-electron chi connectivity index (χ4n) is 3.57. The number of hydrogen-bond acceptors (Lipinski definition) is 5. The number of carbonyl (C=O) groups excluding carboxylic acids is 2. The summed E-state index contributed by atoms with van der Waals surface area (Å²) in [5.41, 5.74) is -0.489. The molecule has 4 rings (SSSR count). The molecule has 7 nitrogen and oxygen atoms in total. The van der Waals surface area contributed by atoms with Gasteiger partial charge in [-0.1, -0.05) is 23.2 Å². The van der Waals surface area contributed by atoms with Crippen molar-refractivity contribution >= 4 is 46.5 Å². The van der Waals surface area contributed by atoms with Gasteiger partial charge in [0, 0.05) is 37.4 Å². The number of fused-ring (bicyclic) bond motifs is 1. The van der Waals surface area contributed by atoms with Gasteiger partial charge in [-0.25, -0.2) is 4.98 Å². The first kappa shape index (κ1) is 22.5. The predicted molar refractivity (Wildman–Crippen MR) is 112 cm³/mol. The molecule has 0 N–H and O–H groups in total. The Labute approximate surface area is 191 Å². The number of carbonyl (C=O) groups is 2. The van der Waals surface area contributed by atoms with E-state index in [1.165, 1.54) is 4.90 Å². The zero-order chi connectivity index (χ0) is 23.0. The molecule has 0 aliphatic carbocycles. The van der Waals surface area contributed by atoms with E-state index in [-0.39, 0.29) is 35.8 Å². The number of piperazine rings is 1. The van der Waals surface area contributed by atoms with E-state index in [1.807, 2.05) is 0 Å². The van der Waals surface area contributed by atoms with Crippen LogP contribution in [-0.4, -0.2) is 61.0 Å². The lowest BCUT2D eigenvalue weighted by molar-refractivity contribution is -0.137. The Morgan fingerprint density at radius 1 is 1.12 bits per heavy atom. The van der Waals surface area contributed by atoms with Crippen molar-refractivity contribution in [3.05, 3.63) is 46.1 Å². The number of benzene rings is 1. The van der Waals surface area contributed by atoms with Crippen LogP contribution in [0, 0.1) is 0 Å². The smallest absolute Gasteiger partial charge is 0.417 e. The third-order valence-corrected chi connectivity index (χ3v) is 5.75. The topological polar surface area (TPSA) is 66.0 Å². The largest absolute Gasteiger partial charge is 0.482 e. The SMILES string of the molecule is O=C(CN1C(=O)COc2ccc(Cl)cc21)N1CCN(c2ncc(C(F)(F)F)cc2Cl)CC1. The second-order valence-corrected chi connectivity index (χ2v) is 8.12. The second kappa shape index (κ2) is 8.67. The average Bonchev–Trinajstić information content (AvgIpc) is 2.75. The van der Waals surface area contributed by atoms with Crippen LogP contribution in [0.1, 0.15) is 5.56 Å². The highest BCUT2D eigenvalue weighted by Crippen LogP contribution is 2.35. The lowest BCUT2D eigenvalue weighted by Crippen LogP contribution is -2.53. The molecule has 2 aromatic rings. The van der Waals surface area contributed by atoms with Gasteiger partial charge in [-0.2, -0.15) is 13.2 Å². The molecule has 0 bridgehead atoms. The van der Waals surface area contributed by atoms with Gasteiger partial charge in [0.1, 0.15) is 18.1 Å². The molecule has 170 valence electrons. The molecule has 2 aliphatic heterocycles. The van der Waals surface area contributed by atoms with Crippen LogP contribution in [0.25, 0.3) is 0 Å². The molecule has 1 aromatic carbocycles. The highest BCUT2D eigenvalue weighted by atomic mass is 35.5. The molecule has 2 amide bonds. The summed E-state index contributed by atoms with van der Waals surface area (Å²) in [5, 5.41) is 0.307. The summed E-state index contributed by atoms with van der Waals surface area (Å²) in [6, 6.07) is 5.68. The molecule has 1 saturated heterocycles. The van der Waals surface area contributed by atoms with Gasteiger partial charge in [0.15, 0.2) is 6.61 Å².